The van der Waals surface area contributed by atoms with Crippen molar-refractivity contribution >= 4 is 47.4 Å². The number of methoxy groups -OCH3 is 1. The summed E-state index contributed by atoms with van der Waals surface area (Å²) in [6.07, 6.45) is -0.0395. The van der Waals surface area contributed by atoms with Crippen LogP contribution in [-0.2, 0) is 9.53 Å². The van der Waals surface area contributed by atoms with E-state index in [0.29, 0.717) is 31.3 Å². The second kappa shape index (κ2) is 14.7. The van der Waals surface area contributed by atoms with Crippen molar-refractivity contribution in [3.63, 3.8) is 0 Å². The number of hydrogen-bond acceptors (Lipinski definition) is 5. The third-order valence-corrected chi connectivity index (χ3v) is 4.80. The first-order chi connectivity index (χ1) is 14.0. The smallest absolute Gasteiger partial charge is 0.234 e. The third-order valence-electron chi connectivity index (χ3n) is 4.56. The SMILES string of the molecule is CN=C(NCC(C)Oc1cccc(Cl)c1)N1CCN(CC(=O)NCCOC)CC1.I. The van der Waals surface area contributed by atoms with Gasteiger partial charge in [0, 0.05) is 51.9 Å². The fourth-order valence-electron chi connectivity index (χ4n) is 3.05. The Morgan fingerprint density at radius 3 is 2.63 bits per heavy atom. The number of halogens is 2. The molecular weight excluding hydrogens is 521 g/mol. The summed E-state index contributed by atoms with van der Waals surface area (Å²) in [6.45, 7) is 7.36. The van der Waals surface area contributed by atoms with Gasteiger partial charge in [0.25, 0.3) is 0 Å². The number of amides is 1. The molecule has 10 heteroatoms. The molecule has 0 spiro atoms. The van der Waals surface area contributed by atoms with E-state index < -0.39 is 0 Å². The first kappa shape index (κ1) is 26.7. The molecule has 1 unspecified atom stereocenters. The number of benzene rings is 1. The van der Waals surface area contributed by atoms with Gasteiger partial charge in [-0.2, -0.15) is 0 Å². The van der Waals surface area contributed by atoms with E-state index in [1.807, 2.05) is 25.1 Å². The molecule has 1 amide bonds. The molecular formula is C20H33ClIN5O3. The van der Waals surface area contributed by atoms with Gasteiger partial charge >= 0.3 is 0 Å². The van der Waals surface area contributed by atoms with Crippen molar-refractivity contribution in [1.29, 1.82) is 0 Å². The molecule has 0 aliphatic carbocycles. The fraction of sp³-hybridized carbons (Fsp3) is 0.600. The normalized spacial score (nSPS) is 15.9. The van der Waals surface area contributed by atoms with Crippen LogP contribution in [-0.4, -0.2) is 94.3 Å². The van der Waals surface area contributed by atoms with Gasteiger partial charge in [0.05, 0.1) is 19.7 Å². The van der Waals surface area contributed by atoms with Crippen molar-refractivity contribution in [3.05, 3.63) is 29.3 Å². The molecule has 0 saturated carbocycles. The molecule has 30 heavy (non-hydrogen) atoms. The van der Waals surface area contributed by atoms with E-state index in [-0.39, 0.29) is 36.0 Å². The van der Waals surface area contributed by atoms with Gasteiger partial charge in [0.1, 0.15) is 11.9 Å². The number of rotatable bonds is 9. The van der Waals surface area contributed by atoms with Crippen LogP contribution in [0.4, 0.5) is 0 Å². The first-order valence-corrected chi connectivity index (χ1v) is 10.3. The predicted molar refractivity (Wildman–Crippen MR) is 131 cm³/mol. The summed E-state index contributed by atoms with van der Waals surface area (Å²) in [6, 6.07) is 7.38. The number of nitrogens with zero attached hydrogens (tertiary/aromatic N) is 3. The topological polar surface area (TPSA) is 78.4 Å². The van der Waals surface area contributed by atoms with Crippen molar-refractivity contribution in [2.75, 3.05) is 66.6 Å². The molecule has 1 heterocycles. The summed E-state index contributed by atoms with van der Waals surface area (Å²) in [7, 11) is 3.40. The Labute approximate surface area is 201 Å². The summed E-state index contributed by atoms with van der Waals surface area (Å²) in [5.74, 6) is 1.62. The molecule has 2 N–H and O–H groups in total. The number of aliphatic imine (C=N–C) groups is 1. The van der Waals surface area contributed by atoms with Crippen molar-refractivity contribution < 1.29 is 14.3 Å². The first-order valence-electron chi connectivity index (χ1n) is 9.87. The van der Waals surface area contributed by atoms with Gasteiger partial charge < -0.3 is 25.0 Å². The number of carbonyl (C=O) groups is 1. The maximum Gasteiger partial charge on any atom is 0.234 e. The molecule has 0 radical (unpaired) electrons. The molecule has 1 aromatic carbocycles. The molecule has 1 fully saturated rings. The van der Waals surface area contributed by atoms with Gasteiger partial charge in [-0.15, -0.1) is 24.0 Å². The van der Waals surface area contributed by atoms with E-state index in [4.69, 9.17) is 21.1 Å². The van der Waals surface area contributed by atoms with E-state index in [2.05, 4.69) is 25.4 Å². The summed E-state index contributed by atoms with van der Waals surface area (Å²) in [5.41, 5.74) is 0. The second-order valence-electron chi connectivity index (χ2n) is 6.92. The Bertz CT molecular complexity index is 672. The lowest BCUT2D eigenvalue weighted by molar-refractivity contribution is -0.122. The average Bonchev–Trinajstić information content (AvgIpc) is 2.70. The molecule has 0 aromatic heterocycles. The zero-order valence-electron chi connectivity index (χ0n) is 17.9. The highest BCUT2D eigenvalue weighted by molar-refractivity contribution is 14.0. The zero-order chi connectivity index (χ0) is 21.1. The Hall–Kier alpha value is -1.30. The average molecular weight is 554 g/mol. The number of nitrogens with one attached hydrogen (secondary N) is 2. The summed E-state index contributed by atoms with van der Waals surface area (Å²) in [5, 5.41) is 6.88. The highest BCUT2D eigenvalue weighted by atomic mass is 127. The van der Waals surface area contributed by atoms with Crippen molar-refractivity contribution in [1.82, 2.24) is 20.4 Å². The maximum absolute atomic E-state index is 11.9. The largest absolute Gasteiger partial charge is 0.489 e. The van der Waals surface area contributed by atoms with Crippen LogP contribution in [0, 0.1) is 0 Å². The van der Waals surface area contributed by atoms with Gasteiger partial charge in [-0.1, -0.05) is 17.7 Å². The Kier molecular flexibility index (Phi) is 13.1. The van der Waals surface area contributed by atoms with Crippen molar-refractivity contribution in [3.8, 4) is 5.75 Å². The van der Waals surface area contributed by atoms with Crippen LogP contribution in [0.25, 0.3) is 0 Å². The van der Waals surface area contributed by atoms with Crippen LogP contribution in [0.2, 0.25) is 5.02 Å². The van der Waals surface area contributed by atoms with E-state index in [0.717, 1.165) is 37.9 Å². The molecule has 0 bridgehead atoms. The third kappa shape index (κ3) is 9.67. The van der Waals surface area contributed by atoms with Gasteiger partial charge in [0.15, 0.2) is 5.96 Å². The molecule has 1 atom stereocenters. The van der Waals surface area contributed by atoms with Crippen LogP contribution in [0.5, 0.6) is 5.75 Å². The lowest BCUT2D eigenvalue weighted by Gasteiger charge is -2.36. The predicted octanol–water partition coefficient (Wildman–Crippen LogP) is 1.68. The van der Waals surface area contributed by atoms with Crippen molar-refractivity contribution in [2.24, 2.45) is 4.99 Å². The quantitative estimate of drug-likeness (QED) is 0.210. The van der Waals surface area contributed by atoms with Crippen LogP contribution < -0.4 is 15.4 Å². The van der Waals surface area contributed by atoms with E-state index in [1.165, 1.54) is 0 Å². The molecule has 8 nitrogen and oxygen atoms in total. The van der Waals surface area contributed by atoms with Gasteiger partial charge in [-0.3, -0.25) is 14.7 Å². The van der Waals surface area contributed by atoms with Crippen LogP contribution in [0.15, 0.2) is 29.3 Å². The van der Waals surface area contributed by atoms with Gasteiger partial charge in [0.2, 0.25) is 5.91 Å². The number of ether oxygens (including phenoxy) is 2. The number of hydrogen-bond donors (Lipinski definition) is 2. The molecule has 1 aliphatic heterocycles. The molecule has 1 saturated heterocycles. The maximum atomic E-state index is 11.9. The summed E-state index contributed by atoms with van der Waals surface area (Å²) >= 11 is 6.00. The molecule has 2 rings (SSSR count). The summed E-state index contributed by atoms with van der Waals surface area (Å²) in [4.78, 5) is 20.7. The minimum atomic E-state index is -0.0395. The van der Waals surface area contributed by atoms with Crippen LogP contribution >= 0.6 is 35.6 Å². The molecule has 170 valence electrons. The minimum absolute atomic E-state index is 0. The highest BCUT2D eigenvalue weighted by Gasteiger charge is 2.21. The Balaban J connectivity index is 0.00000450. The number of guanidine groups is 1. The Morgan fingerprint density at radius 1 is 1.27 bits per heavy atom. The highest BCUT2D eigenvalue weighted by Crippen LogP contribution is 2.18. The van der Waals surface area contributed by atoms with Crippen LogP contribution in [0.3, 0.4) is 0 Å². The molecule has 1 aliphatic rings. The zero-order valence-corrected chi connectivity index (χ0v) is 21.0. The lowest BCUT2D eigenvalue weighted by Crippen LogP contribution is -2.54. The van der Waals surface area contributed by atoms with Gasteiger partial charge in [-0.25, -0.2) is 0 Å². The number of piperazine rings is 1. The van der Waals surface area contributed by atoms with E-state index in [1.54, 1.807) is 20.2 Å². The summed E-state index contributed by atoms with van der Waals surface area (Å²) < 4.78 is 10.8. The monoisotopic (exact) mass is 553 g/mol. The standard InChI is InChI=1S/C20H32ClN5O3.HI/c1-16(29-18-6-4-5-17(21)13-18)14-24-20(22-2)26-10-8-25(9-11-26)15-19(27)23-7-12-28-3;/h4-6,13,16H,7-12,14-15H2,1-3H3,(H,22,24)(H,23,27);1H. The second-order valence-corrected chi connectivity index (χ2v) is 7.36. The van der Waals surface area contributed by atoms with Crippen molar-refractivity contribution in [2.45, 2.75) is 13.0 Å². The lowest BCUT2D eigenvalue weighted by atomic mass is 10.3. The molecule has 1 aromatic rings. The van der Waals surface area contributed by atoms with Gasteiger partial charge in [-0.05, 0) is 25.1 Å². The van der Waals surface area contributed by atoms with E-state index >= 15 is 0 Å². The Morgan fingerprint density at radius 2 is 2.00 bits per heavy atom. The van der Waals surface area contributed by atoms with E-state index in [9.17, 15) is 4.79 Å². The number of carbonyl (C=O) groups excluding carboxylic acids is 1. The van der Waals surface area contributed by atoms with Crippen LogP contribution in [0.1, 0.15) is 6.92 Å². The fourth-order valence-corrected chi connectivity index (χ4v) is 3.23. The minimum Gasteiger partial charge on any atom is -0.489 e.